The monoisotopic (exact) mass is 503 g/mol. The summed E-state index contributed by atoms with van der Waals surface area (Å²) in [7, 11) is 0. The lowest BCUT2D eigenvalue weighted by atomic mass is 10.0. The Morgan fingerprint density at radius 1 is 0.889 bits per heavy atom. The van der Waals surface area contributed by atoms with E-state index in [1.807, 2.05) is 60.7 Å². The van der Waals surface area contributed by atoms with Crippen LogP contribution in [0.25, 0.3) is 10.8 Å². The van der Waals surface area contributed by atoms with Crippen molar-refractivity contribution >= 4 is 22.4 Å². The number of hydrogen-bond acceptors (Lipinski definition) is 3. The third-order valence-electron chi connectivity index (χ3n) is 7.18. The summed E-state index contributed by atoms with van der Waals surface area (Å²) in [6.07, 6.45) is 5.52. The Morgan fingerprint density at radius 3 is 2.39 bits per heavy atom. The van der Waals surface area contributed by atoms with Crippen LogP contribution >= 0.6 is 11.6 Å². The maximum absolute atomic E-state index is 13.5. The van der Waals surface area contributed by atoms with Crippen LogP contribution in [0.3, 0.4) is 0 Å². The molecule has 0 radical (unpaired) electrons. The van der Waals surface area contributed by atoms with Crippen LogP contribution in [0.4, 0.5) is 4.39 Å². The van der Waals surface area contributed by atoms with Crippen LogP contribution in [0, 0.1) is 5.82 Å². The van der Waals surface area contributed by atoms with Crippen LogP contribution in [0.2, 0.25) is 5.02 Å². The first-order valence-corrected chi connectivity index (χ1v) is 13.2. The molecule has 1 aliphatic rings. The van der Waals surface area contributed by atoms with Crippen LogP contribution < -0.4 is 5.56 Å². The number of aryl methyl sites for hydroxylation is 1. The van der Waals surface area contributed by atoms with E-state index in [9.17, 15) is 9.18 Å². The van der Waals surface area contributed by atoms with E-state index in [0.717, 1.165) is 73.8 Å². The van der Waals surface area contributed by atoms with E-state index in [-0.39, 0.29) is 17.4 Å². The molecule has 0 spiro atoms. The molecule has 0 amide bonds. The number of fused-ring (bicyclic) bond motifs is 1. The molecule has 186 valence electrons. The Labute approximate surface area is 216 Å². The second-order valence-corrected chi connectivity index (χ2v) is 10.1. The summed E-state index contributed by atoms with van der Waals surface area (Å²) in [4.78, 5) is 16.0. The lowest BCUT2D eigenvalue weighted by Crippen LogP contribution is -2.30. The molecule has 1 atom stereocenters. The molecule has 3 aromatic carbocycles. The summed E-state index contributed by atoms with van der Waals surface area (Å²) in [5.74, 6) is -0.189. The van der Waals surface area contributed by atoms with Crippen molar-refractivity contribution in [1.82, 2.24) is 14.7 Å². The van der Waals surface area contributed by atoms with E-state index >= 15 is 0 Å². The first kappa shape index (κ1) is 24.7. The summed E-state index contributed by atoms with van der Waals surface area (Å²) >= 11 is 6.07. The van der Waals surface area contributed by atoms with Gasteiger partial charge in [-0.1, -0.05) is 54.1 Å². The van der Waals surface area contributed by atoms with Gasteiger partial charge in [-0.05, 0) is 86.7 Å². The third kappa shape index (κ3) is 5.85. The van der Waals surface area contributed by atoms with E-state index in [1.54, 1.807) is 4.68 Å². The Balaban J connectivity index is 1.31. The van der Waals surface area contributed by atoms with Crippen molar-refractivity contribution in [1.29, 1.82) is 0 Å². The van der Waals surface area contributed by atoms with Crippen LogP contribution in [0.1, 0.15) is 48.5 Å². The molecule has 0 N–H and O–H groups in total. The molecule has 1 aromatic heterocycles. The molecule has 4 nitrogen and oxygen atoms in total. The lowest BCUT2D eigenvalue weighted by Gasteiger charge is -2.21. The molecule has 1 unspecified atom stereocenters. The smallest absolute Gasteiger partial charge is 0.274 e. The quantitative estimate of drug-likeness (QED) is 0.291. The summed E-state index contributed by atoms with van der Waals surface area (Å²) < 4.78 is 14.9. The average molecular weight is 504 g/mol. The van der Waals surface area contributed by atoms with Crippen LogP contribution in [0.15, 0.2) is 77.6 Å². The number of benzene rings is 3. The topological polar surface area (TPSA) is 38.1 Å². The lowest BCUT2D eigenvalue weighted by molar-refractivity contribution is 0.275. The fourth-order valence-corrected chi connectivity index (χ4v) is 5.34. The number of halogens is 2. The van der Waals surface area contributed by atoms with Gasteiger partial charge in [-0.2, -0.15) is 5.10 Å². The second-order valence-electron chi connectivity index (χ2n) is 9.70. The molecule has 5 rings (SSSR count). The standard InChI is InChI=1S/C30H31ClFN3O/c31-24-13-9-23(10-14-24)21-29-27-7-1-2-8-28(27)30(36)35(33-29)26-6-4-19-34(20-17-26)18-3-5-22-11-15-25(32)16-12-22/h1-2,7-16,26H,3-6,17-21H2. The highest BCUT2D eigenvalue weighted by atomic mass is 35.5. The van der Waals surface area contributed by atoms with E-state index in [4.69, 9.17) is 16.7 Å². The normalized spacial score (nSPS) is 16.8. The molecule has 4 aromatic rings. The molecule has 1 aliphatic heterocycles. The number of rotatable bonds is 7. The average Bonchev–Trinajstić information content (AvgIpc) is 3.14. The highest BCUT2D eigenvalue weighted by Crippen LogP contribution is 2.24. The van der Waals surface area contributed by atoms with Crippen molar-refractivity contribution in [2.75, 3.05) is 19.6 Å². The van der Waals surface area contributed by atoms with E-state index < -0.39 is 0 Å². The summed E-state index contributed by atoms with van der Waals surface area (Å²) in [5, 5.41) is 7.30. The molecule has 0 aliphatic carbocycles. The number of likely N-dealkylation sites (tertiary alicyclic amines) is 1. The van der Waals surface area contributed by atoms with Crippen molar-refractivity contribution in [3.8, 4) is 0 Å². The first-order valence-electron chi connectivity index (χ1n) is 12.8. The molecular formula is C30H31ClFN3O. The van der Waals surface area contributed by atoms with Crippen LogP contribution in [-0.2, 0) is 12.8 Å². The Kier molecular flexibility index (Phi) is 7.78. The van der Waals surface area contributed by atoms with E-state index in [0.29, 0.717) is 11.4 Å². The van der Waals surface area contributed by atoms with Gasteiger partial charge < -0.3 is 4.90 Å². The first-order chi connectivity index (χ1) is 17.6. The molecule has 1 fully saturated rings. The predicted octanol–water partition coefficient (Wildman–Crippen LogP) is 6.44. The molecule has 36 heavy (non-hydrogen) atoms. The fraction of sp³-hybridized carbons (Fsp3) is 0.333. The van der Waals surface area contributed by atoms with Gasteiger partial charge in [0.05, 0.1) is 17.1 Å². The zero-order valence-electron chi connectivity index (χ0n) is 20.4. The largest absolute Gasteiger partial charge is 0.303 e. The summed E-state index contributed by atoms with van der Waals surface area (Å²) in [5.41, 5.74) is 3.22. The van der Waals surface area contributed by atoms with Gasteiger partial charge in [-0.3, -0.25) is 4.79 Å². The van der Waals surface area contributed by atoms with E-state index in [1.165, 1.54) is 17.7 Å². The molecule has 0 saturated carbocycles. The van der Waals surface area contributed by atoms with Gasteiger partial charge >= 0.3 is 0 Å². The minimum atomic E-state index is -0.189. The van der Waals surface area contributed by atoms with Crippen LogP contribution in [0.5, 0.6) is 0 Å². The Bertz CT molecular complexity index is 1370. The maximum atomic E-state index is 13.5. The Morgan fingerprint density at radius 2 is 1.61 bits per heavy atom. The van der Waals surface area contributed by atoms with Gasteiger partial charge in [0.1, 0.15) is 5.82 Å². The van der Waals surface area contributed by atoms with Crippen molar-refractivity contribution < 1.29 is 4.39 Å². The predicted molar refractivity (Wildman–Crippen MR) is 144 cm³/mol. The zero-order valence-corrected chi connectivity index (χ0v) is 21.1. The van der Waals surface area contributed by atoms with Gasteiger partial charge in [0, 0.05) is 23.4 Å². The fourth-order valence-electron chi connectivity index (χ4n) is 5.21. The summed E-state index contributed by atoms with van der Waals surface area (Å²) in [6.45, 7) is 2.98. The Hall–Kier alpha value is -3.02. The number of hydrogen-bond donors (Lipinski definition) is 0. The van der Waals surface area contributed by atoms with Crippen molar-refractivity contribution in [3.05, 3.63) is 111 Å². The summed E-state index contributed by atoms with van der Waals surface area (Å²) in [6, 6.07) is 22.5. The molecule has 6 heteroatoms. The number of nitrogens with zero attached hydrogens (tertiary/aromatic N) is 3. The third-order valence-corrected chi connectivity index (χ3v) is 7.43. The van der Waals surface area contributed by atoms with Crippen molar-refractivity contribution in [2.24, 2.45) is 0 Å². The molecular weight excluding hydrogens is 473 g/mol. The van der Waals surface area contributed by atoms with Gasteiger partial charge in [0.15, 0.2) is 0 Å². The van der Waals surface area contributed by atoms with Gasteiger partial charge in [0.2, 0.25) is 0 Å². The van der Waals surface area contributed by atoms with Crippen molar-refractivity contribution in [3.63, 3.8) is 0 Å². The van der Waals surface area contributed by atoms with Crippen LogP contribution in [-0.4, -0.2) is 34.3 Å². The number of aromatic nitrogens is 2. The second kappa shape index (κ2) is 11.4. The van der Waals surface area contributed by atoms with E-state index in [2.05, 4.69) is 4.90 Å². The highest BCUT2D eigenvalue weighted by Gasteiger charge is 2.22. The van der Waals surface area contributed by atoms with Gasteiger partial charge in [-0.15, -0.1) is 0 Å². The van der Waals surface area contributed by atoms with Gasteiger partial charge in [-0.25, -0.2) is 9.07 Å². The molecule has 1 saturated heterocycles. The zero-order chi connectivity index (χ0) is 24.9. The molecule has 2 heterocycles. The highest BCUT2D eigenvalue weighted by molar-refractivity contribution is 6.30. The minimum Gasteiger partial charge on any atom is -0.303 e. The van der Waals surface area contributed by atoms with Gasteiger partial charge in [0.25, 0.3) is 5.56 Å². The SMILES string of the molecule is O=c1c2ccccc2c(Cc2ccc(Cl)cc2)nn1C1CCCN(CCCc2ccc(F)cc2)CC1. The molecule has 0 bridgehead atoms. The van der Waals surface area contributed by atoms with Crippen molar-refractivity contribution in [2.45, 2.75) is 44.6 Å². The minimum absolute atomic E-state index is 0.000200. The maximum Gasteiger partial charge on any atom is 0.274 e.